The van der Waals surface area contributed by atoms with Crippen LogP contribution >= 0.6 is 24.0 Å². The molecule has 2 fully saturated rings. The largest absolute Gasteiger partial charge is 0.366 e. The average Bonchev–Trinajstić information content (AvgIpc) is 3.24. The third-order valence-corrected chi connectivity index (χ3v) is 9.35. The van der Waals surface area contributed by atoms with Gasteiger partial charge in [0, 0.05) is 38.9 Å². The molecule has 2 aromatic heterocycles. The van der Waals surface area contributed by atoms with Crippen molar-refractivity contribution >= 4 is 57.4 Å². The molecule has 0 spiro atoms. The Morgan fingerprint density at radius 1 is 1.07 bits per heavy atom. The molecular formula is C31H36FN5O2S2. The first-order chi connectivity index (χ1) is 19.8. The first-order valence-corrected chi connectivity index (χ1v) is 15.6. The van der Waals surface area contributed by atoms with Crippen molar-refractivity contribution < 1.29 is 9.18 Å². The molecule has 5 rings (SSSR count). The maximum atomic E-state index is 14.5. The molecule has 216 valence electrons. The molecule has 1 unspecified atom stereocenters. The van der Waals surface area contributed by atoms with Gasteiger partial charge in [-0.1, -0.05) is 75.3 Å². The Kier molecular flexibility index (Phi) is 9.09. The Balaban J connectivity index is 1.48. The molecule has 2 aliphatic heterocycles. The van der Waals surface area contributed by atoms with Gasteiger partial charge in [0.2, 0.25) is 0 Å². The SMILES string of the molecule is CCCCC(CC)CN1C(=O)C(=Cc2c(N3CCN(c4ccccc4F)CC3)nc3c(C)cccn3c2=O)SC1=S. The number of rotatable bonds is 9. The van der Waals surface area contributed by atoms with Crippen molar-refractivity contribution in [3.63, 3.8) is 0 Å². The normalized spacial score (nSPS) is 17.8. The second kappa shape index (κ2) is 12.7. The van der Waals surface area contributed by atoms with Crippen LogP contribution in [0.15, 0.2) is 52.3 Å². The quantitative estimate of drug-likeness (QED) is 0.227. The lowest BCUT2D eigenvalue weighted by molar-refractivity contribution is -0.122. The smallest absolute Gasteiger partial charge is 0.267 e. The number of thiocarbonyl (C=S) groups is 1. The van der Waals surface area contributed by atoms with E-state index in [1.54, 1.807) is 33.7 Å². The standard InChI is InChI=1S/C31H36FN5O2S2/c1-4-6-11-22(5-2)20-37-30(39)26(41-31(37)40)19-23-28(33-27-21(3)10-9-14-36(27)29(23)38)35-17-15-34(16-18-35)25-13-8-7-12-24(25)32/h7-10,12-14,19,22H,4-6,11,15-18,20H2,1-3H3. The van der Waals surface area contributed by atoms with Gasteiger partial charge in [-0.15, -0.1) is 0 Å². The fourth-order valence-electron chi connectivity index (χ4n) is 5.50. The average molecular weight is 594 g/mol. The third kappa shape index (κ3) is 6.04. The van der Waals surface area contributed by atoms with E-state index in [-0.39, 0.29) is 17.3 Å². The monoisotopic (exact) mass is 593 g/mol. The molecule has 0 aliphatic carbocycles. The highest BCUT2D eigenvalue weighted by Gasteiger charge is 2.34. The number of unbranched alkanes of at least 4 members (excludes halogenated alkanes) is 1. The zero-order chi connectivity index (χ0) is 29.1. The number of thioether (sulfide) groups is 1. The molecule has 4 heterocycles. The van der Waals surface area contributed by atoms with Crippen LogP contribution in [0, 0.1) is 18.7 Å². The van der Waals surface area contributed by atoms with E-state index in [1.807, 2.05) is 30.0 Å². The maximum Gasteiger partial charge on any atom is 0.267 e. The van der Waals surface area contributed by atoms with Gasteiger partial charge in [0.05, 0.1) is 16.2 Å². The predicted molar refractivity (Wildman–Crippen MR) is 170 cm³/mol. The lowest BCUT2D eigenvalue weighted by Crippen LogP contribution is -2.47. The number of carbonyl (C=O) groups is 1. The van der Waals surface area contributed by atoms with Gasteiger partial charge < -0.3 is 9.80 Å². The van der Waals surface area contributed by atoms with Gasteiger partial charge in [0.1, 0.15) is 21.6 Å². The lowest BCUT2D eigenvalue weighted by atomic mass is 9.99. The molecule has 1 amide bonds. The molecule has 0 N–H and O–H groups in total. The number of carbonyl (C=O) groups excluding carboxylic acids is 1. The lowest BCUT2D eigenvalue weighted by Gasteiger charge is -2.37. The molecule has 1 atom stereocenters. The Morgan fingerprint density at radius 3 is 2.51 bits per heavy atom. The highest BCUT2D eigenvalue weighted by Crippen LogP contribution is 2.35. The van der Waals surface area contributed by atoms with Crippen molar-refractivity contribution in [2.24, 2.45) is 5.92 Å². The van der Waals surface area contributed by atoms with Gasteiger partial charge >= 0.3 is 0 Å². The fraction of sp³-hybridized carbons (Fsp3) is 0.419. The second-order valence-electron chi connectivity index (χ2n) is 10.7. The van der Waals surface area contributed by atoms with E-state index in [0.717, 1.165) is 31.2 Å². The van der Waals surface area contributed by atoms with Gasteiger partial charge in [-0.2, -0.15) is 0 Å². The minimum Gasteiger partial charge on any atom is -0.366 e. The number of amides is 1. The van der Waals surface area contributed by atoms with E-state index in [1.165, 1.54) is 17.8 Å². The zero-order valence-electron chi connectivity index (χ0n) is 23.8. The van der Waals surface area contributed by atoms with Crippen LogP contribution < -0.4 is 15.4 Å². The molecule has 10 heteroatoms. The number of aryl methyl sites for hydroxylation is 1. The first kappa shape index (κ1) is 29.3. The summed E-state index contributed by atoms with van der Waals surface area (Å²) in [7, 11) is 0. The highest BCUT2D eigenvalue weighted by atomic mass is 32.2. The van der Waals surface area contributed by atoms with Crippen LogP contribution in [0.25, 0.3) is 11.7 Å². The number of hydrogen-bond acceptors (Lipinski definition) is 7. The van der Waals surface area contributed by atoms with Crippen molar-refractivity contribution in [3.8, 4) is 0 Å². The number of aromatic nitrogens is 2. The highest BCUT2D eigenvalue weighted by molar-refractivity contribution is 8.26. The summed E-state index contributed by atoms with van der Waals surface area (Å²) in [6.07, 6.45) is 7.66. The molecule has 41 heavy (non-hydrogen) atoms. The van der Waals surface area contributed by atoms with Crippen LogP contribution in [0.3, 0.4) is 0 Å². The summed E-state index contributed by atoms with van der Waals surface area (Å²) in [6.45, 7) is 9.11. The second-order valence-corrected chi connectivity index (χ2v) is 12.3. The predicted octanol–water partition coefficient (Wildman–Crippen LogP) is 5.89. The molecule has 0 bridgehead atoms. The number of halogens is 1. The molecule has 3 aromatic rings. The number of pyridine rings is 1. The number of benzene rings is 1. The van der Waals surface area contributed by atoms with E-state index in [4.69, 9.17) is 17.2 Å². The molecule has 1 aromatic carbocycles. The Hall–Kier alpha value is -3.24. The van der Waals surface area contributed by atoms with Crippen LogP contribution in [-0.2, 0) is 4.79 Å². The minimum atomic E-state index is -0.249. The van der Waals surface area contributed by atoms with Crippen LogP contribution in [0.5, 0.6) is 0 Å². The molecule has 0 radical (unpaired) electrons. The number of nitrogens with zero attached hydrogens (tertiary/aromatic N) is 5. The summed E-state index contributed by atoms with van der Waals surface area (Å²) in [5, 5.41) is 0. The van der Waals surface area contributed by atoms with Crippen LogP contribution in [0.4, 0.5) is 15.9 Å². The van der Waals surface area contributed by atoms with Gasteiger partial charge in [-0.25, -0.2) is 9.37 Å². The topological polar surface area (TPSA) is 61.2 Å². The fourth-order valence-corrected chi connectivity index (χ4v) is 6.76. The van der Waals surface area contributed by atoms with E-state index in [0.29, 0.717) is 70.6 Å². The van der Waals surface area contributed by atoms with Gasteiger partial charge in [-0.05, 0) is 49.1 Å². The van der Waals surface area contributed by atoms with Crippen LogP contribution in [0.1, 0.15) is 50.7 Å². The zero-order valence-corrected chi connectivity index (χ0v) is 25.4. The van der Waals surface area contributed by atoms with Crippen molar-refractivity contribution in [3.05, 3.63) is 74.8 Å². The van der Waals surface area contributed by atoms with Crippen LogP contribution in [0.2, 0.25) is 0 Å². The number of hydrogen-bond donors (Lipinski definition) is 0. The van der Waals surface area contributed by atoms with Gasteiger partial charge in [-0.3, -0.25) is 18.9 Å². The van der Waals surface area contributed by atoms with Crippen molar-refractivity contribution in [2.45, 2.75) is 46.5 Å². The summed E-state index contributed by atoms with van der Waals surface area (Å²) in [5.74, 6) is 0.520. The number of para-hydroxylation sites is 1. The summed E-state index contributed by atoms with van der Waals surface area (Å²) in [6, 6.07) is 10.5. The molecule has 7 nitrogen and oxygen atoms in total. The molecule has 2 aliphatic rings. The van der Waals surface area contributed by atoms with Crippen LogP contribution in [-0.4, -0.2) is 57.2 Å². The van der Waals surface area contributed by atoms with Crippen molar-refractivity contribution in [1.29, 1.82) is 0 Å². The maximum absolute atomic E-state index is 14.5. The van der Waals surface area contributed by atoms with Gasteiger partial charge in [0.25, 0.3) is 11.5 Å². The van der Waals surface area contributed by atoms with E-state index in [2.05, 4.69) is 18.7 Å². The summed E-state index contributed by atoms with van der Waals surface area (Å²) in [5.41, 5.74) is 2.17. The number of anilines is 2. The van der Waals surface area contributed by atoms with E-state index < -0.39 is 0 Å². The summed E-state index contributed by atoms with van der Waals surface area (Å²) in [4.78, 5) is 38.6. The minimum absolute atomic E-state index is 0.154. The number of piperazine rings is 1. The first-order valence-electron chi connectivity index (χ1n) is 14.3. The molecular weight excluding hydrogens is 558 g/mol. The number of fused-ring (bicyclic) bond motifs is 1. The Labute approximate surface area is 250 Å². The van der Waals surface area contributed by atoms with Crippen molar-refractivity contribution in [2.75, 3.05) is 42.5 Å². The molecule has 2 saturated heterocycles. The molecule has 0 saturated carbocycles. The van der Waals surface area contributed by atoms with Crippen molar-refractivity contribution in [1.82, 2.24) is 14.3 Å². The Morgan fingerprint density at radius 2 is 1.80 bits per heavy atom. The van der Waals surface area contributed by atoms with E-state index in [9.17, 15) is 14.0 Å². The summed E-state index contributed by atoms with van der Waals surface area (Å²) >= 11 is 6.88. The summed E-state index contributed by atoms with van der Waals surface area (Å²) < 4.78 is 16.5. The van der Waals surface area contributed by atoms with Gasteiger partial charge in [0.15, 0.2) is 0 Å². The third-order valence-electron chi connectivity index (χ3n) is 7.97. The Bertz CT molecular complexity index is 1550. The van der Waals surface area contributed by atoms with E-state index >= 15 is 0 Å².